The first-order valence-corrected chi connectivity index (χ1v) is 10.4. The minimum atomic E-state index is -0.102. The van der Waals surface area contributed by atoms with E-state index in [1.165, 1.54) is 0 Å². The molecular weight excluding hydrogens is 396 g/mol. The lowest BCUT2D eigenvalue weighted by Gasteiger charge is -2.32. The van der Waals surface area contributed by atoms with Crippen molar-refractivity contribution in [3.63, 3.8) is 0 Å². The van der Waals surface area contributed by atoms with Crippen LogP contribution in [0.5, 0.6) is 17.2 Å². The van der Waals surface area contributed by atoms with Crippen LogP contribution < -0.4 is 19.5 Å². The van der Waals surface area contributed by atoms with Crippen LogP contribution in [0.2, 0.25) is 0 Å². The van der Waals surface area contributed by atoms with Crippen LogP contribution in [0.15, 0.2) is 42.5 Å². The molecule has 1 atom stereocenters. The standard InChI is InChI=1S/C24H30N2O5/c1-16(17-5-8-20(29-2)9-6-17)25-23(27)18-11-13-26(14-12-18)24(28)19-7-10-21(30-3)22(15-19)31-4/h5-10,15-16,18H,11-14H2,1-4H3,(H,25,27)/t16-/m0/s1. The van der Waals surface area contributed by atoms with Crippen molar-refractivity contribution in [3.05, 3.63) is 53.6 Å². The molecule has 0 unspecified atom stereocenters. The molecule has 31 heavy (non-hydrogen) atoms. The van der Waals surface area contributed by atoms with Crippen molar-refractivity contribution in [2.75, 3.05) is 34.4 Å². The molecule has 1 fully saturated rings. The maximum atomic E-state index is 12.9. The van der Waals surface area contributed by atoms with Gasteiger partial charge in [-0.1, -0.05) is 12.1 Å². The van der Waals surface area contributed by atoms with Gasteiger partial charge in [0.2, 0.25) is 5.91 Å². The number of hydrogen-bond donors (Lipinski definition) is 1. The summed E-state index contributed by atoms with van der Waals surface area (Å²) < 4.78 is 15.7. The van der Waals surface area contributed by atoms with Crippen LogP contribution in [0.3, 0.4) is 0 Å². The Bertz CT molecular complexity index is 905. The zero-order chi connectivity index (χ0) is 22.4. The quantitative estimate of drug-likeness (QED) is 0.734. The molecule has 0 spiro atoms. The highest BCUT2D eigenvalue weighted by Gasteiger charge is 2.29. The highest BCUT2D eigenvalue weighted by atomic mass is 16.5. The average molecular weight is 427 g/mol. The van der Waals surface area contributed by atoms with Gasteiger partial charge in [-0.05, 0) is 55.7 Å². The second-order valence-electron chi connectivity index (χ2n) is 7.64. The summed E-state index contributed by atoms with van der Waals surface area (Å²) in [4.78, 5) is 27.4. The van der Waals surface area contributed by atoms with E-state index >= 15 is 0 Å². The van der Waals surface area contributed by atoms with Gasteiger partial charge in [0.15, 0.2) is 11.5 Å². The van der Waals surface area contributed by atoms with Gasteiger partial charge in [0.25, 0.3) is 5.91 Å². The molecule has 0 aromatic heterocycles. The largest absolute Gasteiger partial charge is 0.497 e. The van der Waals surface area contributed by atoms with E-state index in [2.05, 4.69) is 5.32 Å². The Labute approximate surface area is 183 Å². The highest BCUT2D eigenvalue weighted by Crippen LogP contribution is 2.29. The van der Waals surface area contributed by atoms with Crippen LogP contribution in [0.1, 0.15) is 41.7 Å². The van der Waals surface area contributed by atoms with Gasteiger partial charge in [-0.2, -0.15) is 0 Å². The van der Waals surface area contributed by atoms with Crippen molar-refractivity contribution in [2.24, 2.45) is 5.92 Å². The molecule has 2 aromatic carbocycles. The van der Waals surface area contributed by atoms with Crippen LogP contribution in [0.4, 0.5) is 0 Å². The summed E-state index contributed by atoms with van der Waals surface area (Å²) in [6, 6.07) is 12.7. The number of carbonyl (C=O) groups excluding carboxylic acids is 2. The highest BCUT2D eigenvalue weighted by molar-refractivity contribution is 5.95. The molecule has 7 heteroatoms. The molecule has 0 radical (unpaired) electrons. The van der Waals surface area contributed by atoms with E-state index in [9.17, 15) is 9.59 Å². The van der Waals surface area contributed by atoms with Gasteiger partial charge < -0.3 is 24.4 Å². The summed E-state index contributed by atoms with van der Waals surface area (Å²) in [6.45, 7) is 3.06. The van der Waals surface area contributed by atoms with Crippen molar-refractivity contribution >= 4 is 11.8 Å². The number of rotatable bonds is 7. The summed E-state index contributed by atoms with van der Waals surface area (Å²) >= 11 is 0. The van der Waals surface area contributed by atoms with Crippen LogP contribution in [0.25, 0.3) is 0 Å². The maximum absolute atomic E-state index is 12.9. The number of amides is 2. The molecule has 7 nitrogen and oxygen atoms in total. The van der Waals surface area contributed by atoms with E-state index in [1.54, 1.807) is 44.4 Å². The number of ether oxygens (including phenoxy) is 3. The van der Waals surface area contributed by atoms with Crippen molar-refractivity contribution < 1.29 is 23.8 Å². The van der Waals surface area contributed by atoms with Gasteiger partial charge in [-0.3, -0.25) is 9.59 Å². The Morgan fingerprint density at radius 3 is 2.16 bits per heavy atom. The third kappa shape index (κ3) is 5.29. The lowest BCUT2D eigenvalue weighted by Crippen LogP contribution is -2.43. The summed E-state index contributed by atoms with van der Waals surface area (Å²) in [5, 5.41) is 3.09. The summed E-state index contributed by atoms with van der Waals surface area (Å²) in [5.41, 5.74) is 1.57. The normalized spacial score (nSPS) is 15.2. The minimum absolute atomic E-state index is 0.0292. The molecule has 1 saturated heterocycles. The molecule has 0 saturated carbocycles. The SMILES string of the molecule is COc1ccc([C@H](C)NC(=O)C2CCN(C(=O)c3ccc(OC)c(OC)c3)CC2)cc1. The molecule has 2 aromatic rings. The Morgan fingerprint density at radius 1 is 0.935 bits per heavy atom. The Balaban J connectivity index is 1.54. The molecule has 3 rings (SSSR count). The van der Waals surface area contributed by atoms with Crippen molar-refractivity contribution in [1.29, 1.82) is 0 Å². The van der Waals surface area contributed by atoms with Crippen molar-refractivity contribution in [1.82, 2.24) is 10.2 Å². The molecule has 1 aliphatic rings. The van der Waals surface area contributed by atoms with Gasteiger partial charge in [0.1, 0.15) is 5.75 Å². The summed E-state index contributed by atoms with van der Waals surface area (Å²) in [6.07, 6.45) is 1.28. The predicted molar refractivity (Wildman–Crippen MR) is 118 cm³/mol. The number of nitrogens with one attached hydrogen (secondary N) is 1. The number of carbonyl (C=O) groups is 2. The third-order valence-corrected chi connectivity index (χ3v) is 5.76. The van der Waals surface area contributed by atoms with Crippen LogP contribution in [0, 0.1) is 5.92 Å². The van der Waals surface area contributed by atoms with Gasteiger partial charge >= 0.3 is 0 Å². The number of benzene rings is 2. The van der Waals surface area contributed by atoms with E-state index in [1.807, 2.05) is 31.2 Å². The predicted octanol–water partition coefficient (Wildman–Crippen LogP) is 3.44. The average Bonchev–Trinajstić information content (AvgIpc) is 2.83. The van der Waals surface area contributed by atoms with E-state index in [4.69, 9.17) is 14.2 Å². The first-order chi connectivity index (χ1) is 15.0. The van der Waals surface area contributed by atoms with Gasteiger partial charge in [0, 0.05) is 24.6 Å². The number of hydrogen-bond acceptors (Lipinski definition) is 5. The number of nitrogens with zero attached hydrogens (tertiary/aromatic N) is 1. The van der Waals surface area contributed by atoms with E-state index in [0.717, 1.165) is 11.3 Å². The molecule has 2 amide bonds. The maximum Gasteiger partial charge on any atom is 0.253 e. The zero-order valence-electron chi connectivity index (χ0n) is 18.5. The molecule has 0 aliphatic carbocycles. The lowest BCUT2D eigenvalue weighted by atomic mass is 9.94. The molecule has 1 aliphatic heterocycles. The topological polar surface area (TPSA) is 77.1 Å². The van der Waals surface area contributed by atoms with Crippen LogP contribution >= 0.6 is 0 Å². The van der Waals surface area contributed by atoms with E-state index in [0.29, 0.717) is 43.0 Å². The van der Waals surface area contributed by atoms with Crippen molar-refractivity contribution in [3.8, 4) is 17.2 Å². The summed E-state index contributed by atoms with van der Waals surface area (Å²) in [7, 11) is 4.73. The zero-order valence-corrected chi connectivity index (χ0v) is 18.5. The van der Waals surface area contributed by atoms with Gasteiger partial charge in [-0.15, -0.1) is 0 Å². The Morgan fingerprint density at radius 2 is 1.58 bits per heavy atom. The minimum Gasteiger partial charge on any atom is -0.497 e. The van der Waals surface area contributed by atoms with E-state index in [-0.39, 0.29) is 23.8 Å². The molecule has 1 N–H and O–H groups in total. The number of likely N-dealkylation sites (tertiary alicyclic amines) is 1. The molecular formula is C24H30N2O5. The first kappa shape index (κ1) is 22.5. The number of methoxy groups -OCH3 is 3. The fraction of sp³-hybridized carbons (Fsp3) is 0.417. The second kappa shape index (κ2) is 10.2. The van der Waals surface area contributed by atoms with E-state index < -0.39 is 0 Å². The van der Waals surface area contributed by atoms with Crippen LogP contribution in [-0.4, -0.2) is 51.1 Å². The molecule has 0 bridgehead atoms. The third-order valence-electron chi connectivity index (χ3n) is 5.76. The van der Waals surface area contributed by atoms with Gasteiger partial charge in [-0.25, -0.2) is 0 Å². The Hall–Kier alpha value is -3.22. The van der Waals surface area contributed by atoms with Crippen LogP contribution in [-0.2, 0) is 4.79 Å². The molecule has 166 valence electrons. The summed E-state index contributed by atoms with van der Waals surface area (Å²) in [5.74, 6) is 1.76. The Kier molecular flexibility index (Phi) is 7.39. The second-order valence-corrected chi connectivity index (χ2v) is 7.64. The van der Waals surface area contributed by atoms with Gasteiger partial charge in [0.05, 0.1) is 27.4 Å². The fourth-order valence-corrected chi connectivity index (χ4v) is 3.80. The van der Waals surface area contributed by atoms with Crippen molar-refractivity contribution in [2.45, 2.75) is 25.8 Å². The first-order valence-electron chi connectivity index (χ1n) is 10.4. The monoisotopic (exact) mass is 426 g/mol. The lowest BCUT2D eigenvalue weighted by molar-refractivity contribution is -0.126. The molecule has 1 heterocycles. The smallest absolute Gasteiger partial charge is 0.253 e. The number of piperidine rings is 1. The fourth-order valence-electron chi connectivity index (χ4n) is 3.80.